The van der Waals surface area contributed by atoms with Crippen LogP contribution in [0.25, 0.3) is 0 Å². The van der Waals surface area contributed by atoms with Crippen molar-refractivity contribution in [3.05, 3.63) is 54.4 Å². The van der Waals surface area contributed by atoms with Gasteiger partial charge in [-0.15, -0.1) is 0 Å². The van der Waals surface area contributed by atoms with E-state index in [1.54, 1.807) is 30.1 Å². The summed E-state index contributed by atoms with van der Waals surface area (Å²) in [6.45, 7) is 2.85. The molecule has 1 aliphatic rings. The summed E-state index contributed by atoms with van der Waals surface area (Å²) in [7, 11) is -1.68. The summed E-state index contributed by atoms with van der Waals surface area (Å²) in [6.07, 6.45) is 6.30. The Balaban J connectivity index is 1.60. The maximum absolute atomic E-state index is 12.8. The van der Waals surface area contributed by atoms with Crippen LogP contribution in [0.1, 0.15) is 44.2 Å². The first kappa shape index (κ1) is 20.6. The van der Waals surface area contributed by atoms with Crippen LogP contribution < -0.4 is 5.32 Å². The third-order valence-corrected chi connectivity index (χ3v) is 7.25. The monoisotopic (exact) mass is 403 g/mol. The van der Waals surface area contributed by atoms with E-state index in [-0.39, 0.29) is 17.9 Å². The summed E-state index contributed by atoms with van der Waals surface area (Å²) in [5.41, 5.74) is 1.11. The molecule has 152 valence electrons. The van der Waals surface area contributed by atoms with Crippen molar-refractivity contribution in [2.75, 3.05) is 13.1 Å². The van der Waals surface area contributed by atoms with Gasteiger partial charge in [-0.3, -0.25) is 4.79 Å². The summed E-state index contributed by atoms with van der Waals surface area (Å²) >= 11 is 0. The van der Waals surface area contributed by atoms with Crippen LogP contribution in [0.5, 0.6) is 0 Å². The van der Waals surface area contributed by atoms with Crippen LogP contribution in [0, 0.1) is 5.92 Å². The van der Waals surface area contributed by atoms with Crippen molar-refractivity contribution in [3.63, 3.8) is 0 Å². The van der Waals surface area contributed by atoms with E-state index in [4.69, 9.17) is 0 Å². The maximum atomic E-state index is 12.8. The zero-order valence-electron chi connectivity index (χ0n) is 16.5. The highest BCUT2D eigenvalue weighted by Crippen LogP contribution is 2.26. The van der Waals surface area contributed by atoms with Crippen molar-refractivity contribution in [1.82, 2.24) is 14.2 Å². The number of benzene rings is 1. The van der Waals surface area contributed by atoms with Gasteiger partial charge in [0.05, 0.1) is 10.9 Å². The minimum atomic E-state index is -3.48. The first-order chi connectivity index (χ1) is 13.4. The Bertz CT molecular complexity index is 885. The van der Waals surface area contributed by atoms with Gasteiger partial charge in [0, 0.05) is 38.4 Å². The highest BCUT2D eigenvalue weighted by Gasteiger charge is 2.33. The van der Waals surface area contributed by atoms with Crippen molar-refractivity contribution in [2.24, 2.45) is 13.0 Å². The molecule has 1 N–H and O–H groups in total. The van der Waals surface area contributed by atoms with Gasteiger partial charge in [0.25, 0.3) is 0 Å². The van der Waals surface area contributed by atoms with Gasteiger partial charge in [0.2, 0.25) is 15.9 Å². The van der Waals surface area contributed by atoms with Gasteiger partial charge in [0.15, 0.2) is 0 Å². The number of rotatable bonds is 7. The molecule has 0 saturated carbocycles. The topological polar surface area (TPSA) is 71.4 Å². The highest BCUT2D eigenvalue weighted by molar-refractivity contribution is 7.89. The smallest absolute Gasteiger partial charge is 0.244 e. The van der Waals surface area contributed by atoms with Crippen molar-refractivity contribution in [3.8, 4) is 0 Å². The molecular weight excluding hydrogens is 374 g/mol. The van der Waals surface area contributed by atoms with Gasteiger partial charge in [-0.25, -0.2) is 8.42 Å². The van der Waals surface area contributed by atoms with Gasteiger partial charge < -0.3 is 9.88 Å². The van der Waals surface area contributed by atoms with E-state index >= 15 is 0 Å². The molecule has 1 atom stereocenters. The number of piperidine rings is 1. The lowest BCUT2D eigenvalue weighted by Crippen LogP contribution is -2.43. The van der Waals surface area contributed by atoms with E-state index in [2.05, 4.69) is 12.2 Å². The number of aromatic nitrogens is 1. The van der Waals surface area contributed by atoms with Crippen LogP contribution in [0.4, 0.5) is 0 Å². The standard InChI is InChI=1S/C21H29N3O3S/c1-3-7-20(17-8-5-4-6-9-17)22-21(25)18-10-14-24(15-11-18)28(26,27)19-12-13-23(2)16-19/h4-6,8-9,12-13,16,18,20H,3,7,10-11,14-15H2,1-2H3,(H,22,25)/t20-/m1/s1. The average molecular weight is 404 g/mol. The van der Waals surface area contributed by atoms with Crippen LogP contribution >= 0.6 is 0 Å². The molecule has 0 bridgehead atoms. The second kappa shape index (κ2) is 8.92. The molecule has 0 aliphatic carbocycles. The largest absolute Gasteiger partial charge is 0.356 e. The molecular formula is C21H29N3O3S. The van der Waals surface area contributed by atoms with E-state index < -0.39 is 10.0 Å². The number of nitrogens with one attached hydrogen (secondary N) is 1. The van der Waals surface area contributed by atoms with Crippen molar-refractivity contribution < 1.29 is 13.2 Å². The SMILES string of the molecule is CCC[C@@H](NC(=O)C1CCN(S(=O)(=O)c2ccn(C)c2)CC1)c1ccccc1. The Morgan fingerprint density at radius 2 is 1.86 bits per heavy atom. The van der Waals surface area contributed by atoms with E-state index in [1.807, 2.05) is 30.3 Å². The van der Waals surface area contributed by atoms with E-state index in [9.17, 15) is 13.2 Å². The molecule has 6 nitrogen and oxygen atoms in total. The lowest BCUT2D eigenvalue weighted by molar-refractivity contribution is -0.127. The number of amides is 1. The molecule has 1 fully saturated rings. The lowest BCUT2D eigenvalue weighted by atomic mass is 9.95. The van der Waals surface area contributed by atoms with Gasteiger partial charge in [-0.1, -0.05) is 43.7 Å². The fourth-order valence-electron chi connectivity index (χ4n) is 3.72. The molecule has 0 radical (unpaired) electrons. The third kappa shape index (κ3) is 4.64. The van der Waals surface area contributed by atoms with Crippen molar-refractivity contribution in [2.45, 2.75) is 43.5 Å². The molecule has 2 aromatic rings. The fourth-order valence-corrected chi connectivity index (χ4v) is 5.25. The zero-order valence-corrected chi connectivity index (χ0v) is 17.4. The molecule has 3 rings (SSSR count). The van der Waals surface area contributed by atoms with Gasteiger partial charge in [0.1, 0.15) is 0 Å². The molecule has 1 amide bonds. The second-order valence-electron chi connectivity index (χ2n) is 7.45. The van der Waals surface area contributed by atoms with Crippen LogP contribution in [-0.4, -0.2) is 36.3 Å². The third-order valence-electron chi connectivity index (χ3n) is 5.36. The molecule has 2 heterocycles. The molecule has 1 saturated heterocycles. The summed E-state index contributed by atoms with van der Waals surface area (Å²) in [6, 6.07) is 11.6. The number of sulfonamides is 1. The number of carbonyl (C=O) groups is 1. The Morgan fingerprint density at radius 1 is 1.18 bits per heavy atom. The van der Waals surface area contributed by atoms with Gasteiger partial charge in [-0.05, 0) is 30.9 Å². The molecule has 28 heavy (non-hydrogen) atoms. The molecule has 1 aliphatic heterocycles. The zero-order chi connectivity index (χ0) is 20.1. The van der Waals surface area contributed by atoms with E-state index in [0.717, 1.165) is 18.4 Å². The van der Waals surface area contributed by atoms with Crippen molar-refractivity contribution >= 4 is 15.9 Å². The number of nitrogens with zero attached hydrogens (tertiary/aromatic N) is 2. The summed E-state index contributed by atoms with van der Waals surface area (Å²) in [5, 5.41) is 3.18. The molecule has 0 unspecified atom stereocenters. The Labute approximate surface area is 167 Å². The Morgan fingerprint density at radius 3 is 2.43 bits per heavy atom. The summed E-state index contributed by atoms with van der Waals surface area (Å²) < 4.78 is 28.7. The minimum absolute atomic E-state index is 0.00443. The number of aryl methyl sites for hydroxylation is 1. The lowest BCUT2D eigenvalue weighted by Gasteiger charge is -2.31. The first-order valence-electron chi connectivity index (χ1n) is 9.89. The molecule has 0 spiro atoms. The quantitative estimate of drug-likeness (QED) is 0.772. The number of hydrogen-bond donors (Lipinski definition) is 1. The van der Waals surface area contributed by atoms with Crippen LogP contribution in [-0.2, 0) is 21.9 Å². The summed E-state index contributed by atoms with van der Waals surface area (Å²) in [5.74, 6) is -0.121. The predicted molar refractivity (Wildman–Crippen MR) is 109 cm³/mol. The second-order valence-corrected chi connectivity index (χ2v) is 9.39. The van der Waals surface area contributed by atoms with Crippen LogP contribution in [0.3, 0.4) is 0 Å². The first-order valence-corrected chi connectivity index (χ1v) is 11.3. The molecule has 1 aromatic carbocycles. The van der Waals surface area contributed by atoms with E-state index in [0.29, 0.717) is 30.8 Å². The average Bonchev–Trinajstić information content (AvgIpc) is 3.15. The van der Waals surface area contributed by atoms with Gasteiger partial charge in [-0.2, -0.15) is 4.31 Å². The Kier molecular flexibility index (Phi) is 6.57. The van der Waals surface area contributed by atoms with Gasteiger partial charge >= 0.3 is 0 Å². The summed E-state index contributed by atoms with van der Waals surface area (Å²) in [4.78, 5) is 13.1. The van der Waals surface area contributed by atoms with E-state index in [1.165, 1.54) is 4.31 Å². The predicted octanol–water partition coefficient (Wildman–Crippen LogP) is 3.08. The molecule has 1 aromatic heterocycles. The van der Waals surface area contributed by atoms with Crippen molar-refractivity contribution in [1.29, 1.82) is 0 Å². The minimum Gasteiger partial charge on any atom is -0.356 e. The number of carbonyl (C=O) groups excluding carboxylic acids is 1. The normalized spacial score (nSPS) is 17.4. The molecule has 7 heteroatoms. The Hall–Kier alpha value is -2.12. The fraction of sp³-hybridized carbons (Fsp3) is 0.476. The number of hydrogen-bond acceptors (Lipinski definition) is 3. The van der Waals surface area contributed by atoms with Crippen LogP contribution in [0.2, 0.25) is 0 Å². The van der Waals surface area contributed by atoms with Crippen LogP contribution in [0.15, 0.2) is 53.7 Å². The maximum Gasteiger partial charge on any atom is 0.244 e. The highest BCUT2D eigenvalue weighted by atomic mass is 32.2.